The largest absolute Gasteiger partial charge is 0.360 e. The van der Waals surface area contributed by atoms with Crippen LogP contribution in [-0.2, 0) is 6.42 Å². The first-order valence-electron chi connectivity index (χ1n) is 5.62. The molecule has 0 unspecified atom stereocenters. The molecule has 0 saturated heterocycles. The molecule has 3 nitrogen and oxygen atoms in total. The van der Waals surface area contributed by atoms with E-state index in [0.717, 1.165) is 28.2 Å². The SMILES string of the molecule is CCNc1nnc(SCCc2ccccc2)s1. The number of aromatic nitrogens is 2. The third kappa shape index (κ3) is 4.02. The molecule has 1 aromatic carbocycles. The smallest absolute Gasteiger partial charge is 0.206 e. The molecule has 0 spiro atoms. The summed E-state index contributed by atoms with van der Waals surface area (Å²) in [6.45, 7) is 2.95. The summed E-state index contributed by atoms with van der Waals surface area (Å²) in [5, 5.41) is 12.3. The molecule has 17 heavy (non-hydrogen) atoms. The van der Waals surface area contributed by atoms with Crippen LogP contribution in [0.15, 0.2) is 34.7 Å². The number of anilines is 1. The van der Waals surface area contributed by atoms with Gasteiger partial charge in [-0.2, -0.15) is 0 Å². The zero-order chi connectivity index (χ0) is 11.9. The van der Waals surface area contributed by atoms with Gasteiger partial charge in [-0.25, -0.2) is 0 Å². The zero-order valence-corrected chi connectivity index (χ0v) is 11.4. The van der Waals surface area contributed by atoms with Gasteiger partial charge in [0.05, 0.1) is 0 Å². The minimum absolute atomic E-state index is 0.892. The monoisotopic (exact) mass is 265 g/mol. The molecule has 1 aromatic heterocycles. The molecule has 0 bridgehead atoms. The average Bonchev–Trinajstić information content (AvgIpc) is 2.79. The molecule has 0 fully saturated rings. The van der Waals surface area contributed by atoms with Crippen LogP contribution in [0.25, 0.3) is 0 Å². The van der Waals surface area contributed by atoms with E-state index in [0.29, 0.717) is 0 Å². The Kier molecular flexibility index (Phi) is 4.82. The number of thioether (sulfide) groups is 1. The van der Waals surface area contributed by atoms with Crippen molar-refractivity contribution in [3.05, 3.63) is 35.9 Å². The fourth-order valence-corrected chi connectivity index (χ4v) is 3.27. The maximum absolute atomic E-state index is 4.13. The van der Waals surface area contributed by atoms with E-state index in [1.165, 1.54) is 5.56 Å². The van der Waals surface area contributed by atoms with Crippen molar-refractivity contribution in [3.63, 3.8) is 0 Å². The summed E-state index contributed by atoms with van der Waals surface area (Å²) in [5.41, 5.74) is 1.37. The lowest BCUT2D eigenvalue weighted by atomic mass is 10.2. The van der Waals surface area contributed by atoms with E-state index < -0.39 is 0 Å². The van der Waals surface area contributed by atoms with Crippen molar-refractivity contribution in [2.75, 3.05) is 17.6 Å². The Morgan fingerprint density at radius 1 is 1.24 bits per heavy atom. The van der Waals surface area contributed by atoms with Gasteiger partial charge in [-0.15, -0.1) is 10.2 Å². The molecule has 2 rings (SSSR count). The molecule has 0 radical (unpaired) electrons. The molecule has 0 amide bonds. The summed E-state index contributed by atoms with van der Waals surface area (Å²) in [6, 6.07) is 10.5. The van der Waals surface area contributed by atoms with E-state index in [2.05, 4.69) is 46.7 Å². The van der Waals surface area contributed by atoms with E-state index in [1.54, 1.807) is 23.1 Å². The van der Waals surface area contributed by atoms with Gasteiger partial charge in [-0.3, -0.25) is 0 Å². The van der Waals surface area contributed by atoms with Crippen molar-refractivity contribution in [1.29, 1.82) is 0 Å². The van der Waals surface area contributed by atoms with Crippen LogP contribution in [0.1, 0.15) is 12.5 Å². The van der Waals surface area contributed by atoms with Gasteiger partial charge in [0.15, 0.2) is 4.34 Å². The lowest BCUT2D eigenvalue weighted by Crippen LogP contribution is -1.94. The van der Waals surface area contributed by atoms with Crippen LogP contribution in [0, 0.1) is 0 Å². The minimum atomic E-state index is 0.892. The van der Waals surface area contributed by atoms with Gasteiger partial charge in [0.25, 0.3) is 0 Å². The second kappa shape index (κ2) is 6.61. The van der Waals surface area contributed by atoms with Gasteiger partial charge >= 0.3 is 0 Å². The van der Waals surface area contributed by atoms with E-state index in [-0.39, 0.29) is 0 Å². The van der Waals surface area contributed by atoms with Crippen molar-refractivity contribution in [1.82, 2.24) is 10.2 Å². The quantitative estimate of drug-likeness (QED) is 0.813. The van der Waals surface area contributed by atoms with Crippen LogP contribution in [-0.4, -0.2) is 22.5 Å². The Hall–Kier alpha value is -1.07. The first kappa shape index (κ1) is 12.4. The molecule has 0 saturated carbocycles. The molecule has 1 N–H and O–H groups in total. The first-order chi connectivity index (χ1) is 8.38. The van der Waals surface area contributed by atoms with E-state index in [4.69, 9.17) is 0 Å². The highest BCUT2D eigenvalue weighted by Gasteiger charge is 2.03. The van der Waals surface area contributed by atoms with Crippen molar-refractivity contribution in [2.45, 2.75) is 17.7 Å². The van der Waals surface area contributed by atoms with E-state index >= 15 is 0 Å². The number of aryl methyl sites for hydroxylation is 1. The summed E-state index contributed by atoms with van der Waals surface area (Å²) in [5.74, 6) is 1.05. The van der Waals surface area contributed by atoms with E-state index in [9.17, 15) is 0 Å². The topological polar surface area (TPSA) is 37.8 Å². The Morgan fingerprint density at radius 3 is 2.82 bits per heavy atom. The van der Waals surface area contributed by atoms with Crippen molar-refractivity contribution >= 4 is 28.2 Å². The van der Waals surface area contributed by atoms with Gasteiger partial charge in [-0.1, -0.05) is 53.4 Å². The Bertz CT molecular complexity index is 442. The lowest BCUT2D eigenvalue weighted by molar-refractivity contribution is 1.000. The molecule has 90 valence electrons. The minimum Gasteiger partial charge on any atom is -0.360 e. The number of nitrogens with zero attached hydrogens (tertiary/aromatic N) is 2. The molecule has 0 aliphatic rings. The summed E-state index contributed by atoms with van der Waals surface area (Å²) < 4.78 is 1.04. The fourth-order valence-electron chi connectivity index (χ4n) is 1.39. The molecular formula is C12H15N3S2. The lowest BCUT2D eigenvalue weighted by Gasteiger charge is -1.98. The Labute approximate surface area is 110 Å². The fraction of sp³-hybridized carbons (Fsp3) is 0.333. The molecule has 0 aliphatic carbocycles. The second-order valence-corrected chi connectivity index (χ2v) is 5.81. The maximum atomic E-state index is 4.13. The molecule has 0 atom stereocenters. The Morgan fingerprint density at radius 2 is 2.06 bits per heavy atom. The number of hydrogen-bond donors (Lipinski definition) is 1. The van der Waals surface area contributed by atoms with Crippen molar-refractivity contribution in [2.24, 2.45) is 0 Å². The van der Waals surface area contributed by atoms with Crippen LogP contribution in [0.5, 0.6) is 0 Å². The number of rotatable bonds is 6. The van der Waals surface area contributed by atoms with Crippen LogP contribution in [0.4, 0.5) is 5.13 Å². The van der Waals surface area contributed by atoms with Gasteiger partial charge in [-0.05, 0) is 18.9 Å². The maximum Gasteiger partial charge on any atom is 0.206 e. The molecule has 5 heteroatoms. The second-order valence-electron chi connectivity index (χ2n) is 3.49. The zero-order valence-electron chi connectivity index (χ0n) is 9.72. The van der Waals surface area contributed by atoms with E-state index in [1.807, 2.05) is 6.07 Å². The van der Waals surface area contributed by atoms with Gasteiger partial charge in [0, 0.05) is 12.3 Å². The average molecular weight is 265 g/mol. The first-order valence-corrected chi connectivity index (χ1v) is 7.43. The molecule has 0 aliphatic heterocycles. The van der Waals surface area contributed by atoms with Crippen LogP contribution in [0.3, 0.4) is 0 Å². The standard InChI is InChI=1S/C12H15N3S2/c1-2-13-11-14-15-12(17-11)16-9-8-10-6-4-3-5-7-10/h3-7H,2,8-9H2,1H3,(H,13,14). The third-order valence-corrected chi connectivity index (χ3v) is 4.21. The van der Waals surface area contributed by atoms with Crippen LogP contribution >= 0.6 is 23.1 Å². The van der Waals surface area contributed by atoms with Gasteiger partial charge in [0.2, 0.25) is 5.13 Å². The third-order valence-electron chi connectivity index (χ3n) is 2.19. The van der Waals surface area contributed by atoms with Crippen molar-refractivity contribution in [3.8, 4) is 0 Å². The molecule has 1 heterocycles. The summed E-state index contributed by atoms with van der Waals surface area (Å²) in [4.78, 5) is 0. The summed E-state index contributed by atoms with van der Waals surface area (Å²) in [7, 11) is 0. The predicted molar refractivity (Wildman–Crippen MR) is 74.9 cm³/mol. The predicted octanol–water partition coefficient (Wildman–Crippen LogP) is 3.30. The highest BCUT2D eigenvalue weighted by molar-refractivity contribution is 8.01. The number of benzene rings is 1. The normalized spacial score (nSPS) is 10.4. The highest BCUT2D eigenvalue weighted by atomic mass is 32.2. The summed E-state index contributed by atoms with van der Waals surface area (Å²) in [6.07, 6.45) is 1.07. The van der Waals surface area contributed by atoms with Crippen molar-refractivity contribution < 1.29 is 0 Å². The van der Waals surface area contributed by atoms with Gasteiger partial charge in [0.1, 0.15) is 0 Å². The molecular weight excluding hydrogens is 250 g/mol. The van der Waals surface area contributed by atoms with Crippen LogP contribution in [0.2, 0.25) is 0 Å². The highest BCUT2D eigenvalue weighted by Crippen LogP contribution is 2.25. The number of nitrogens with one attached hydrogen (secondary N) is 1. The van der Waals surface area contributed by atoms with Gasteiger partial charge < -0.3 is 5.32 Å². The number of hydrogen-bond acceptors (Lipinski definition) is 5. The Balaban J connectivity index is 1.78. The van der Waals surface area contributed by atoms with Crippen LogP contribution < -0.4 is 5.32 Å². The molecule has 2 aromatic rings. The summed E-state index contributed by atoms with van der Waals surface area (Å²) >= 11 is 3.39.